The molecular formula is C23H29NO5S. The van der Waals surface area contributed by atoms with Gasteiger partial charge in [-0.25, -0.2) is 8.42 Å². The monoisotopic (exact) mass is 431 g/mol. The molecule has 1 aliphatic rings. The van der Waals surface area contributed by atoms with Crippen LogP contribution in [0.3, 0.4) is 0 Å². The third-order valence-corrected chi connectivity index (χ3v) is 7.48. The van der Waals surface area contributed by atoms with Gasteiger partial charge in [-0.1, -0.05) is 24.3 Å². The van der Waals surface area contributed by atoms with Crippen LogP contribution in [0.1, 0.15) is 29.5 Å². The number of esters is 1. The van der Waals surface area contributed by atoms with Crippen LogP contribution in [0.2, 0.25) is 0 Å². The lowest BCUT2D eigenvalue weighted by molar-refractivity contribution is -0.150. The number of rotatable bonds is 7. The van der Waals surface area contributed by atoms with Gasteiger partial charge >= 0.3 is 5.97 Å². The Hall–Kier alpha value is -2.38. The van der Waals surface area contributed by atoms with Gasteiger partial charge in [0.15, 0.2) is 0 Å². The maximum atomic E-state index is 12.9. The lowest BCUT2D eigenvalue weighted by Crippen LogP contribution is -2.40. The highest BCUT2D eigenvalue weighted by Crippen LogP contribution is 2.26. The molecule has 0 unspecified atom stereocenters. The molecule has 0 radical (unpaired) electrons. The number of nitrogens with zero attached hydrogens (tertiary/aromatic N) is 1. The zero-order valence-corrected chi connectivity index (χ0v) is 18.6. The van der Waals surface area contributed by atoms with Gasteiger partial charge in [-0.3, -0.25) is 4.79 Å². The number of piperidine rings is 1. The van der Waals surface area contributed by atoms with Gasteiger partial charge < -0.3 is 9.47 Å². The summed E-state index contributed by atoms with van der Waals surface area (Å²) in [5, 5.41) is 0. The summed E-state index contributed by atoms with van der Waals surface area (Å²) >= 11 is 0. The first-order valence-electron chi connectivity index (χ1n) is 10.2. The second kappa shape index (κ2) is 9.62. The molecule has 1 aliphatic heterocycles. The smallest absolute Gasteiger partial charge is 0.309 e. The third kappa shape index (κ3) is 5.21. The quantitative estimate of drug-likeness (QED) is 0.494. The predicted octanol–water partition coefficient (Wildman–Crippen LogP) is 3.63. The normalized spacial score (nSPS) is 15.7. The molecule has 30 heavy (non-hydrogen) atoms. The lowest BCUT2D eigenvalue weighted by atomic mass is 9.98. The molecule has 1 fully saturated rings. The molecule has 162 valence electrons. The van der Waals surface area contributed by atoms with Gasteiger partial charge in [0, 0.05) is 13.1 Å². The number of hydrogen-bond acceptors (Lipinski definition) is 5. The molecule has 0 bridgehead atoms. The molecule has 0 spiro atoms. The molecule has 2 aromatic carbocycles. The van der Waals surface area contributed by atoms with E-state index in [1.165, 1.54) is 4.31 Å². The Morgan fingerprint density at radius 2 is 1.67 bits per heavy atom. The van der Waals surface area contributed by atoms with E-state index in [1.807, 2.05) is 51.1 Å². The van der Waals surface area contributed by atoms with Crippen molar-refractivity contribution in [2.24, 2.45) is 5.92 Å². The van der Waals surface area contributed by atoms with Crippen molar-refractivity contribution in [1.29, 1.82) is 0 Å². The molecule has 6 nitrogen and oxygen atoms in total. The number of aryl methyl sites for hydroxylation is 3. The molecule has 2 aromatic rings. The highest BCUT2D eigenvalue weighted by atomic mass is 32.2. The molecule has 7 heteroatoms. The number of carbonyl (C=O) groups is 1. The van der Waals surface area contributed by atoms with E-state index >= 15 is 0 Å². The third-order valence-electron chi connectivity index (χ3n) is 5.58. The Balaban J connectivity index is 1.47. The van der Waals surface area contributed by atoms with Gasteiger partial charge in [-0.2, -0.15) is 4.31 Å². The van der Waals surface area contributed by atoms with Gasteiger partial charge in [0.1, 0.15) is 19.0 Å². The molecular weight excluding hydrogens is 402 g/mol. The van der Waals surface area contributed by atoms with E-state index in [2.05, 4.69) is 0 Å². The summed E-state index contributed by atoms with van der Waals surface area (Å²) in [6, 6.07) is 12.9. The fourth-order valence-electron chi connectivity index (χ4n) is 3.49. The maximum Gasteiger partial charge on any atom is 0.309 e. The minimum atomic E-state index is -3.54. The van der Waals surface area contributed by atoms with Crippen LogP contribution in [0.4, 0.5) is 0 Å². The first-order valence-corrected chi connectivity index (χ1v) is 11.7. The van der Waals surface area contributed by atoms with Crippen LogP contribution in [0.25, 0.3) is 0 Å². The van der Waals surface area contributed by atoms with Crippen LogP contribution in [0.15, 0.2) is 47.4 Å². The van der Waals surface area contributed by atoms with Crippen molar-refractivity contribution in [2.45, 2.75) is 38.5 Å². The van der Waals surface area contributed by atoms with Crippen LogP contribution in [-0.4, -0.2) is 45.0 Å². The van der Waals surface area contributed by atoms with Crippen LogP contribution in [0.5, 0.6) is 5.75 Å². The van der Waals surface area contributed by atoms with E-state index in [0.29, 0.717) is 30.8 Å². The fraction of sp³-hybridized carbons (Fsp3) is 0.435. The van der Waals surface area contributed by atoms with E-state index < -0.39 is 10.0 Å². The minimum absolute atomic E-state index is 0.175. The van der Waals surface area contributed by atoms with Gasteiger partial charge in [0.25, 0.3) is 0 Å². The Bertz CT molecular complexity index is 994. The highest BCUT2D eigenvalue weighted by Gasteiger charge is 2.32. The number of carbonyl (C=O) groups excluding carboxylic acids is 1. The summed E-state index contributed by atoms with van der Waals surface area (Å²) in [5.41, 5.74) is 3.03. The Morgan fingerprint density at radius 1 is 0.967 bits per heavy atom. The van der Waals surface area contributed by atoms with Gasteiger partial charge in [-0.15, -0.1) is 0 Å². The van der Waals surface area contributed by atoms with E-state index in [4.69, 9.17) is 9.47 Å². The molecule has 0 aromatic heterocycles. The number of para-hydroxylation sites is 1. The van der Waals surface area contributed by atoms with E-state index in [9.17, 15) is 13.2 Å². The van der Waals surface area contributed by atoms with Crippen molar-refractivity contribution in [2.75, 3.05) is 26.3 Å². The average molecular weight is 432 g/mol. The number of hydrogen-bond donors (Lipinski definition) is 0. The van der Waals surface area contributed by atoms with Crippen LogP contribution >= 0.6 is 0 Å². The van der Waals surface area contributed by atoms with Gasteiger partial charge in [0.2, 0.25) is 10.0 Å². The summed E-state index contributed by atoms with van der Waals surface area (Å²) in [6.45, 7) is 6.91. The molecule has 0 aliphatic carbocycles. The van der Waals surface area contributed by atoms with Crippen molar-refractivity contribution in [3.8, 4) is 5.75 Å². The molecule has 1 heterocycles. The second-order valence-electron chi connectivity index (χ2n) is 7.71. The molecule has 0 amide bonds. The van der Waals surface area contributed by atoms with Crippen LogP contribution in [-0.2, 0) is 19.6 Å². The lowest BCUT2D eigenvalue weighted by Gasteiger charge is -2.30. The van der Waals surface area contributed by atoms with E-state index in [-0.39, 0.29) is 25.1 Å². The van der Waals surface area contributed by atoms with Crippen molar-refractivity contribution in [3.05, 3.63) is 59.2 Å². The minimum Gasteiger partial charge on any atom is -0.490 e. The predicted molar refractivity (Wildman–Crippen MR) is 115 cm³/mol. The molecule has 0 atom stereocenters. The highest BCUT2D eigenvalue weighted by molar-refractivity contribution is 7.89. The van der Waals surface area contributed by atoms with E-state index in [0.717, 1.165) is 22.4 Å². The molecule has 3 rings (SSSR count). The SMILES string of the molecule is Cc1ccc(S(=O)(=O)N2CCC(C(=O)OCCOc3ccccc3C)CC2)cc1C. The zero-order chi connectivity index (χ0) is 21.7. The Kier molecular flexibility index (Phi) is 7.15. The summed E-state index contributed by atoms with van der Waals surface area (Å²) in [7, 11) is -3.54. The van der Waals surface area contributed by atoms with Gasteiger partial charge in [-0.05, 0) is 68.5 Å². The van der Waals surface area contributed by atoms with Crippen LogP contribution in [0, 0.1) is 26.7 Å². The number of benzene rings is 2. The van der Waals surface area contributed by atoms with Crippen molar-refractivity contribution >= 4 is 16.0 Å². The molecule has 1 saturated heterocycles. The van der Waals surface area contributed by atoms with E-state index in [1.54, 1.807) is 12.1 Å². The van der Waals surface area contributed by atoms with Crippen molar-refractivity contribution in [1.82, 2.24) is 4.31 Å². The fourth-order valence-corrected chi connectivity index (χ4v) is 5.04. The van der Waals surface area contributed by atoms with Gasteiger partial charge in [0.05, 0.1) is 10.8 Å². The average Bonchev–Trinajstić information content (AvgIpc) is 2.74. The van der Waals surface area contributed by atoms with Crippen molar-refractivity contribution < 1.29 is 22.7 Å². The first kappa shape index (κ1) is 22.3. The summed E-state index contributed by atoms with van der Waals surface area (Å²) in [6.07, 6.45) is 0.920. The zero-order valence-electron chi connectivity index (χ0n) is 17.8. The maximum absolute atomic E-state index is 12.9. The summed E-state index contributed by atoms with van der Waals surface area (Å²) < 4.78 is 38.2. The first-order chi connectivity index (χ1) is 14.3. The summed E-state index contributed by atoms with van der Waals surface area (Å²) in [5.74, 6) is 0.208. The molecule has 0 saturated carbocycles. The topological polar surface area (TPSA) is 72.9 Å². The van der Waals surface area contributed by atoms with Crippen molar-refractivity contribution in [3.63, 3.8) is 0 Å². The molecule has 0 N–H and O–H groups in total. The number of ether oxygens (including phenoxy) is 2. The Morgan fingerprint density at radius 3 is 2.33 bits per heavy atom. The standard InChI is InChI=1S/C23H29NO5S/c1-17-8-9-21(16-19(17)3)30(26,27)24-12-10-20(11-13-24)23(25)29-15-14-28-22-7-5-4-6-18(22)2/h4-9,16,20H,10-15H2,1-3H3. The van der Waals surface area contributed by atoms with Crippen LogP contribution < -0.4 is 4.74 Å². The number of sulfonamides is 1. The Labute approximate surface area is 178 Å². The second-order valence-corrected chi connectivity index (χ2v) is 9.64. The summed E-state index contributed by atoms with van der Waals surface area (Å²) in [4.78, 5) is 12.6. The largest absolute Gasteiger partial charge is 0.490 e.